The number of hydrogen-bond donors (Lipinski definition) is 1. The van der Waals surface area contributed by atoms with Gasteiger partial charge in [0.05, 0.1) is 6.61 Å². The van der Waals surface area contributed by atoms with Gasteiger partial charge < -0.3 is 19.3 Å². The SMILES string of the molecule is C/C=C(/C)C(=O)O[C@@H]1C[C@]2(C)[C@@H]3C(=CC[C@H]2C(C)(C)[C@H]1OC(=O)/C(C)=C\CC)CO[C@H]3O. The molecular weight excluding hydrogens is 408 g/mol. The minimum Gasteiger partial charge on any atom is -0.455 e. The van der Waals surface area contributed by atoms with Crippen LogP contribution in [0.15, 0.2) is 34.9 Å². The molecule has 0 amide bonds. The number of carbonyl (C=O) groups excluding carboxylic acids is 2. The van der Waals surface area contributed by atoms with Gasteiger partial charge in [0.2, 0.25) is 0 Å². The van der Waals surface area contributed by atoms with Gasteiger partial charge in [-0.2, -0.15) is 0 Å². The van der Waals surface area contributed by atoms with Crippen LogP contribution in [0.1, 0.15) is 67.7 Å². The first-order valence-corrected chi connectivity index (χ1v) is 11.7. The summed E-state index contributed by atoms with van der Waals surface area (Å²) < 4.78 is 17.6. The third-order valence-corrected chi connectivity index (χ3v) is 7.92. The Morgan fingerprint density at radius 2 is 1.84 bits per heavy atom. The quantitative estimate of drug-likeness (QED) is 0.381. The summed E-state index contributed by atoms with van der Waals surface area (Å²) in [5.74, 6) is -0.838. The molecule has 6 atom stereocenters. The molecule has 0 radical (unpaired) electrons. The van der Waals surface area contributed by atoms with E-state index in [2.05, 4.69) is 26.8 Å². The summed E-state index contributed by atoms with van der Waals surface area (Å²) in [6.45, 7) is 14.0. The van der Waals surface area contributed by atoms with Gasteiger partial charge in [0.25, 0.3) is 0 Å². The molecule has 0 aromatic carbocycles. The number of carbonyl (C=O) groups is 2. The Morgan fingerprint density at radius 1 is 1.19 bits per heavy atom. The Balaban J connectivity index is 2.02. The second-order valence-electron chi connectivity index (χ2n) is 10.3. The highest BCUT2D eigenvalue weighted by molar-refractivity contribution is 5.88. The lowest BCUT2D eigenvalue weighted by Crippen LogP contribution is -2.62. The zero-order valence-corrected chi connectivity index (χ0v) is 20.4. The fourth-order valence-electron chi connectivity index (χ4n) is 6.16. The molecule has 0 aromatic rings. The number of hydrogen-bond acceptors (Lipinski definition) is 6. The van der Waals surface area contributed by atoms with E-state index in [1.807, 2.05) is 13.0 Å². The second kappa shape index (κ2) is 9.14. The molecular formula is C26H38O6. The summed E-state index contributed by atoms with van der Waals surface area (Å²) in [6.07, 6.45) is 5.65. The minimum absolute atomic E-state index is 0.117. The van der Waals surface area contributed by atoms with Crippen molar-refractivity contribution in [2.24, 2.45) is 22.7 Å². The third kappa shape index (κ3) is 4.19. The third-order valence-electron chi connectivity index (χ3n) is 7.92. The van der Waals surface area contributed by atoms with Gasteiger partial charge in [0, 0.05) is 22.5 Å². The molecule has 1 saturated heterocycles. The predicted molar refractivity (Wildman–Crippen MR) is 121 cm³/mol. The number of ether oxygens (including phenoxy) is 3. The van der Waals surface area contributed by atoms with Gasteiger partial charge >= 0.3 is 11.9 Å². The molecule has 1 saturated carbocycles. The molecule has 2 fully saturated rings. The molecule has 3 aliphatic rings. The van der Waals surface area contributed by atoms with E-state index in [1.165, 1.54) is 0 Å². The van der Waals surface area contributed by atoms with Crippen LogP contribution in [-0.2, 0) is 23.8 Å². The van der Waals surface area contributed by atoms with Crippen LogP contribution >= 0.6 is 0 Å². The first kappa shape index (κ1) is 24.7. The average Bonchev–Trinajstić information content (AvgIpc) is 3.12. The van der Waals surface area contributed by atoms with Crippen LogP contribution in [0.3, 0.4) is 0 Å². The van der Waals surface area contributed by atoms with E-state index in [0.29, 0.717) is 24.2 Å². The van der Waals surface area contributed by atoms with E-state index in [-0.39, 0.29) is 23.2 Å². The van der Waals surface area contributed by atoms with Gasteiger partial charge in [-0.25, -0.2) is 9.59 Å². The molecule has 0 unspecified atom stereocenters. The lowest BCUT2D eigenvalue weighted by atomic mass is 9.47. The summed E-state index contributed by atoms with van der Waals surface area (Å²) in [6, 6.07) is 0. The highest BCUT2D eigenvalue weighted by Gasteiger charge is 2.63. The Bertz CT molecular complexity index is 850. The molecule has 1 aliphatic heterocycles. The van der Waals surface area contributed by atoms with E-state index in [1.54, 1.807) is 26.8 Å². The van der Waals surface area contributed by atoms with Crippen molar-refractivity contribution in [1.29, 1.82) is 0 Å². The summed E-state index contributed by atoms with van der Waals surface area (Å²) in [7, 11) is 0. The number of fused-ring (bicyclic) bond motifs is 3. The molecule has 3 rings (SSSR count). The van der Waals surface area contributed by atoms with Crippen molar-refractivity contribution >= 4 is 11.9 Å². The van der Waals surface area contributed by atoms with Crippen LogP contribution < -0.4 is 0 Å². The Kier molecular flexibility index (Phi) is 7.06. The molecule has 178 valence electrons. The molecule has 1 heterocycles. The lowest BCUT2D eigenvalue weighted by molar-refractivity contribution is -0.220. The zero-order valence-electron chi connectivity index (χ0n) is 20.4. The van der Waals surface area contributed by atoms with Crippen molar-refractivity contribution in [3.8, 4) is 0 Å². The van der Waals surface area contributed by atoms with E-state index in [9.17, 15) is 14.7 Å². The molecule has 2 aliphatic carbocycles. The van der Waals surface area contributed by atoms with Crippen LogP contribution in [0.25, 0.3) is 0 Å². The van der Waals surface area contributed by atoms with Gasteiger partial charge in [-0.05, 0) is 56.9 Å². The van der Waals surface area contributed by atoms with Gasteiger partial charge in [0.1, 0.15) is 12.2 Å². The van der Waals surface area contributed by atoms with Crippen LogP contribution in [0.4, 0.5) is 0 Å². The molecule has 0 spiro atoms. The minimum atomic E-state index is -0.882. The fraction of sp³-hybridized carbons (Fsp3) is 0.692. The molecule has 32 heavy (non-hydrogen) atoms. The van der Waals surface area contributed by atoms with Crippen molar-refractivity contribution in [3.63, 3.8) is 0 Å². The Hall–Kier alpha value is -1.92. The second-order valence-corrected chi connectivity index (χ2v) is 10.3. The van der Waals surface area contributed by atoms with Gasteiger partial charge in [0.15, 0.2) is 6.29 Å². The largest absolute Gasteiger partial charge is 0.455 e. The first-order chi connectivity index (χ1) is 15.0. The van der Waals surface area contributed by atoms with Crippen molar-refractivity contribution in [1.82, 2.24) is 0 Å². The fourth-order valence-corrected chi connectivity index (χ4v) is 6.16. The summed E-state index contributed by atoms with van der Waals surface area (Å²) in [5, 5.41) is 10.7. The number of esters is 2. The summed E-state index contributed by atoms with van der Waals surface area (Å²) in [4.78, 5) is 25.6. The van der Waals surface area contributed by atoms with Crippen molar-refractivity contribution < 1.29 is 28.9 Å². The topological polar surface area (TPSA) is 82.1 Å². The number of rotatable bonds is 5. The number of aliphatic hydroxyl groups is 1. The smallest absolute Gasteiger partial charge is 0.333 e. The maximum absolute atomic E-state index is 12.9. The molecule has 0 bridgehead atoms. The van der Waals surface area contributed by atoms with E-state index in [4.69, 9.17) is 14.2 Å². The maximum atomic E-state index is 12.9. The average molecular weight is 447 g/mol. The lowest BCUT2D eigenvalue weighted by Gasteiger charge is -2.59. The van der Waals surface area contributed by atoms with Gasteiger partial charge in [-0.15, -0.1) is 0 Å². The molecule has 6 heteroatoms. The van der Waals surface area contributed by atoms with Gasteiger partial charge in [-0.1, -0.05) is 45.9 Å². The van der Waals surface area contributed by atoms with Crippen LogP contribution in [-0.4, -0.2) is 42.1 Å². The van der Waals surface area contributed by atoms with E-state index in [0.717, 1.165) is 18.4 Å². The van der Waals surface area contributed by atoms with Crippen molar-refractivity contribution in [2.45, 2.75) is 86.2 Å². The van der Waals surface area contributed by atoms with Crippen LogP contribution in [0.2, 0.25) is 0 Å². The summed E-state index contributed by atoms with van der Waals surface area (Å²) >= 11 is 0. The van der Waals surface area contributed by atoms with E-state index < -0.39 is 29.9 Å². The Labute approximate surface area is 191 Å². The highest BCUT2D eigenvalue weighted by atomic mass is 16.6. The standard InChI is InChI=1S/C26H38O6/c1-8-10-16(4)23(28)32-21-18(31-22(27)15(3)9-2)13-26(7)19(25(21,5)6)12-11-17-14-30-24(29)20(17)26/h9-11,18-21,24,29H,8,12-14H2,1-7H3/b15-9-,16-10-/t18-,19+,20-,21+,24-,26+/m1/s1. The van der Waals surface area contributed by atoms with Crippen molar-refractivity contribution in [2.75, 3.05) is 6.61 Å². The monoisotopic (exact) mass is 446 g/mol. The molecule has 6 nitrogen and oxygen atoms in total. The van der Waals surface area contributed by atoms with Crippen molar-refractivity contribution in [3.05, 3.63) is 34.9 Å². The van der Waals surface area contributed by atoms with Gasteiger partial charge in [-0.3, -0.25) is 0 Å². The molecule has 1 N–H and O–H groups in total. The van der Waals surface area contributed by atoms with E-state index >= 15 is 0 Å². The number of aliphatic hydroxyl groups excluding tert-OH is 1. The molecule has 0 aromatic heterocycles. The normalized spacial score (nSPS) is 36.6. The summed E-state index contributed by atoms with van der Waals surface area (Å²) in [5.41, 5.74) is 1.32. The van der Waals surface area contributed by atoms with Crippen LogP contribution in [0, 0.1) is 22.7 Å². The Morgan fingerprint density at radius 3 is 2.47 bits per heavy atom. The highest BCUT2D eigenvalue weighted by Crippen LogP contribution is 2.62. The predicted octanol–water partition coefficient (Wildman–Crippen LogP) is 4.48. The number of allylic oxidation sites excluding steroid dienone is 3. The van der Waals surface area contributed by atoms with Crippen LogP contribution in [0.5, 0.6) is 0 Å². The zero-order chi connectivity index (χ0) is 23.8. The maximum Gasteiger partial charge on any atom is 0.333 e. The first-order valence-electron chi connectivity index (χ1n) is 11.7.